The highest BCUT2D eigenvalue weighted by Crippen LogP contribution is 2.54. The van der Waals surface area contributed by atoms with E-state index in [9.17, 15) is 4.79 Å². The van der Waals surface area contributed by atoms with E-state index in [1.165, 1.54) is 25.9 Å². The van der Waals surface area contributed by atoms with Gasteiger partial charge >= 0.3 is 5.97 Å². The molecule has 0 spiro atoms. The molecule has 0 radical (unpaired) electrons. The normalized spacial score (nSPS) is 32.3. The van der Waals surface area contributed by atoms with E-state index in [-0.39, 0.29) is 11.4 Å². The smallest absolute Gasteiger partial charge is 0.317 e. The Balaban J connectivity index is 1.53. The fourth-order valence-corrected chi connectivity index (χ4v) is 4.71. The zero-order chi connectivity index (χ0) is 15.2. The van der Waals surface area contributed by atoms with Crippen molar-refractivity contribution in [3.8, 4) is 5.75 Å². The molecule has 1 aliphatic carbocycles. The average molecular weight is 320 g/mol. The van der Waals surface area contributed by atoms with Crippen LogP contribution in [0.2, 0.25) is 5.02 Å². The summed E-state index contributed by atoms with van der Waals surface area (Å²) in [4.78, 5) is 15.4. The van der Waals surface area contributed by atoms with Crippen molar-refractivity contribution in [3.05, 3.63) is 29.3 Å². The van der Waals surface area contributed by atoms with Gasteiger partial charge in [0.2, 0.25) is 0 Å². The van der Waals surface area contributed by atoms with Crippen molar-refractivity contribution in [2.75, 3.05) is 19.6 Å². The third-order valence-electron chi connectivity index (χ3n) is 6.04. The molecule has 118 valence electrons. The molecular weight excluding hydrogens is 298 g/mol. The van der Waals surface area contributed by atoms with Crippen molar-refractivity contribution in [2.24, 2.45) is 17.3 Å². The maximum Gasteiger partial charge on any atom is 0.317 e. The molecule has 0 aromatic heterocycles. The van der Waals surface area contributed by atoms with Crippen molar-refractivity contribution >= 4 is 17.6 Å². The number of fused-ring (bicyclic) bond motifs is 3. The van der Waals surface area contributed by atoms with Crippen LogP contribution in [0.4, 0.5) is 0 Å². The molecule has 1 atom stereocenters. The first-order valence-corrected chi connectivity index (χ1v) is 8.75. The van der Waals surface area contributed by atoms with Gasteiger partial charge in [0.1, 0.15) is 5.75 Å². The van der Waals surface area contributed by atoms with Crippen molar-refractivity contribution < 1.29 is 9.53 Å². The second kappa shape index (κ2) is 5.54. The van der Waals surface area contributed by atoms with Gasteiger partial charge in [-0.05, 0) is 74.9 Å². The molecule has 3 aliphatic heterocycles. The Morgan fingerprint density at radius 3 is 2.36 bits per heavy atom. The molecule has 1 unspecified atom stereocenters. The van der Waals surface area contributed by atoms with E-state index in [0.717, 1.165) is 25.8 Å². The van der Waals surface area contributed by atoms with Crippen LogP contribution >= 0.6 is 11.6 Å². The Morgan fingerprint density at radius 1 is 1.18 bits per heavy atom. The van der Waals surface area contributed by atoms with Crippen LogP contribution in [0.1, 0.15) is 32.1 Å². The highest BCUT2D eigenvalue weighted by Gasteiger charge is 2.56. The number of benzene rings is 1. The van der Waals surface area contributed by atoms with Gasteiger partial charge in [0.15, 0.2) is 0 Å². The fourth-order valence-electron chi connectivity index (χ4n) is 4.59. The summed E-state index contributed by atoms with van der Waals surface area (Å²) in [6, 6.07) is 7.10. The van der Waals surface area contributed by atoms with Crippen LogP contribution in [0.5, 0.6) is 5.75 Å². The van der Waals surface area contributed by atoms with E-state index >= 15 is 0 Å². The molecule has 3 nitrogen and oxygen atoms in total. The second-order valence-corrected chi connectivity index (χ2v) is 7.53. The Labute approximate surface area is 136 Å². The molecule has 4 heteroatoms. The Kier molecular flexibility index (Phi) is 3.66. The Hall–Kier alpha value is -1.06. The quantitative estimate of drug-likeness (QED) is 0.627. The summed E-state index contributed by atoms with van der Waals surface area (Å²) < 4.78 is 5.72. The first-order valence-electron chi connectivity index (χ1n) is 8.38. The fraction of sp³-hybridized carbons (Fsp3) is 0.611. The molecule has 22 heavy (non-hydrogen) atoms. The van der Waals surface area contributed by atoms with Crippen LogP contribution in [0.3, 0.4) is 0 Å². The molecule has 0 N–H and O–H groups in total. The molecular formula is C18H22ClNO2. The van der Waals surface area contributed by atoms with Gasteiger partial charge in [0.05, 0.1) is 5.41 Å². The van der Waals surface area contributed by atoms with Gasteiger partial charge in [-0.25, -0.2) is 0 Å². The summed E-state index contributed by atoms with van der Waals surface area (Å²) in [5.74, 6) is 1.80. The maximum atomic E-state index is 12.9. The van der Waals surface area contributed by atoms with Crippen LogP contribution in [-0.2, 0) is 4.79 Å². The number of halogens is 1. The predicted octanol–water partition coefficient (Wildman–Crippen LogP) is 3.76. The van der Waals surface area contributed by atoms with Crippen LogP contribution in [0.25, 0.3) is 0 Å². The average Bonchev–Trinajstić information content (AvgIpc) is 2.50. The van der Waals surface area contributed by atoms with Crippen molar-refractivity contribution in [1.29, 1.82) is 0 Å². The molecule has 3 saturated heterocycles. The number of rotatable bonds is 3. The Morgan fingerprint density at radius 2 is 1.86 bits per heavy atom. The highest BCUT2D eigenvalue weighted by molar-refractivity contribution is 6.30. The van der Waals surface area contributed by atoms with Crippen LogP contribution < -0.4 is 4.74 Å². The second-order valence-electron chi connectivity index (χ2n) is 7.10. The van der Waals surface area contributed by atoms with Crippen LogP contribution in [0, 0.1) is 17.3 Å². The number of hydrogen-bond donors (Lipinski definition) is 0. The number of hydrogen-bond acceptors (Lipinski definition) is 3. The lowest BCUT2D eigenvalue weighted by Gasteiger charge is -2.55. The number of carbonyl (C=O) groups excluding carboxylic acids is 1. The molecule has 3 heterocycles. The maximum absolute atomic E-state index is 12.9. The van der Waals surface area contributed by atoms with E-state index in [1.54, 1.807) is 24.3 Å². The third-order valence-corrected chi connectivity index (χ3v) is 6.29. The molecule has 1 saturated carbocycles. The van der Waals surface area contributed by atoms with E-state index < -0.39 is 0 Å². The first kappa shape index (κ1) is 14.5. The summed E-state index contributed by atoms with van der Waals surface area (Å²) >= 11 is 5.90. The minimum atomic E-state index is -0.233. The number of ether oxygens (including phenoxy) is 1. The summed E-state index contributed by atoms with van der Waals surface area (Å²) in [5.41, 5.74) is -0.233. The molecule has 0 amide bonds. The van der Waals surface area contributed by atoms with E-state index in [1.807, 2.05) is 0 Å². The van der Waals surface area contributed by atoms with Gasteiger partial charge in [0.25, 0.3) is 0 Å². The van der Waals surface area contributed by atoms with Gasteiger partial charge in [-0.15, -0.1) is 0 Å². The van der Waals surface area contributed by atoms with Crippen LogP contribution in [-0.4, -0.2) is 30.5 Å². The first-order chi connectivity index (χ1) is 10.7. The topological polar surface area (TPSA) is 29.5 Å². The van der Waals surface area contributed by atoms with Crippen molar-refractivity contribution in [3.63, 3.8) is 0 Å². The molecule has 5 rings (SSSR count). The van der Waals surface area contributed by atoms with Crippen molar-refractivity contribution in [1.82, 2.24) is 4.90 Å². The van der Waals surface area contributed by atoms with Crippen molar-refractivity contribution in [2.45, 2.75) is 32.1 Å². The summed E-state index contributed by atoms with van der Waals surface area (Å²) in [6.45, 7) is 3.51. The van der Waals surface area contributed by atoms with Crippen LogP contribution in [0.15, 0.2) is 24.3 Å². The lowest BCUT2D eigenvalue weighted by Crippen LogP contribution is -2.58. The lowest BCUT2D eigenvalue weighted by molar-refractivity contribution is -0.165. The molecule has 4 aliphatic rings. The lowest BCUT2D eigenvalue weighted by atomic mass is 9.55. The van der Waals surface area contributed by atoms with E-state index in [4.69, 9.17) is 16.3 Å². The van der Waals surface area contributed by atoms with Gasteiger partial charge < -0.3 is 9.64 Å². The van der Waals surface area contributed by atoms with E-state index in [0.29, 0.717) is 22.6 Å². The molecule has 1 aromatic rings. The third kappa shape index (κ3) is 2.35. The summed E-state index contributed by atoms with van der Waals surface area (Å²) in [7, 11) is 0. The van der Waals surface area contributed by atoms with Gasteiger partial charge in [-0.3, -0.25) is 4.79 Å². The molecule has 4 fully saturated rings. The number of carbonyl (C=O) groups is 1. The highest BCUT2D eigenvalue weighted by atomic mass is 35.5. The summed E-state index contributed by atoms with van der Waals surface area (Å²) in [5, 5.41) is 0.663. The molecule has 1 aromatic carbocycles. The molecule has 2 bridgehead atoms. The monoisotopic (exact) mass is 319 g/mol. The zero-order valence-electron chi connectivity index (χ0n) is 12.8. The standard InChI is InChI=1S/C18H22ClNO2/c19-14-2-4-15(5-3-14)22-17(21)18(8-1-9-18)16-12-20-10-6-13(16)7-11-20/h2-5,13,16H,1,6-12H2. The number of esters is 1. The SMILES string of the molecule is O=C(Oc1ccc(Cl)cc1)C1(C2CN3CCC2CC3)CCC1. The van der Waals surface area contributed by atoms with Gasteiger partial charge in [0, 0.05) is 11.6 Å². The zero-order valence-corrected chi connectivity index (χ0v) is 13.5. The minimum absolute atomic E-state index is 0.0141. The van der Waals surface area contributed by atoms with Gasteiger partial charge in [-0.2, -0.15) is 0 Å². The van der Waals surface area contributed by atoms with E-state index in [2.05, 4.69) is 4.90 Å². The number of piperidine rings is 3. The largest absolute Gasteiger partial charge is 0.426 e. The minimum Gasteiger partial charge on any atom is -0.426 e. The summed E-state index contributed by atoms with van der Waals surface area (Å²) in [6.07, 6.45) is 5.64. The Bertz CT molecular complexity index is 559. The van der Waals surface area contributed by atoms with Gasteiger partial charge in [-0.1, -0.05) is 18.0 Å². The predicted molar refractivity (Wildman–Crippen MR) is 86.0 cm³/mol. The number of nitrogens with zero attached hydrogens (tertiary/aromatic N) is 1.